The van der Waals surface area contributed by atoms with Gasteiger partial charge in [0.05, 0.1) is 11.7 Å². The number of nitrogens with one attached hydrogen (secondary N) is 3. The fourth-order valence-electron chi connectivity index (χ4n) is 3.67. The van der Waals surface area contributed by atoms with Crippen molar-refractivity contribution in [1.29, 1.82) is 0 Å². The zero-order chi connectivity index (χ0) is 25.1. The molecule has 0 radical (unpaired) electrons. The van der Waals surface area contributed by atoms with Gasteiger partial charge in [0.2, 0.25) is 5.95 Å². The topological polar surface area (TPSA) is 110 Å². The Morgan fingerprint density at radius 3 is 2.69 bits per heavy atom. The smallest absolute Gasteiger partial charge is 0.258 e. The third-order valence-corrected chi connectivity index (χ3v) is 5.32. The highest BCUT2D eigenvalue weighted by molar-refractivity contribution is 5.82. The zero-order valence-corrected chi connectivity index (χ0v) is 19.7. The summed E-state index contributed by atoms with van der Waals surface area (Å²) in [4.78, 5) is 16.5. The number of fused-ring (bicyclic) bond motifs is 1. The minimum absolute atomic E-state index is 0.0449. The average molecular weight is 486 g/mol. The number of H-pyrrole nitrogens is 1. The molecule has 1 amide bonds. The molecule has 182 valence electrons. The van der Waals surface area contributed by atoms with Crippen LogP contribution in [0.4, 0.5) is 16.0 Å². The van der Waals surface area contributed by atoms with Gasteiger partial charge in [-0.1, -0.05) is 12.1 Å². The second-order valence-electron chi connectivity index (χ2n) is 8.45. The fourth-order valence-corrected chi connectivity index (χ4v) is 3.67. The van der Waals surface area contributed by atoms with Crippen molar-refractivity contribution in [2.24, 2.45) is 0 Å². The first kappa shape index (κ1) is 23.0. The number of para-hydroxylation sites is 1. The number of carbonyl (C=O) groups excluding carboxylic acids is 1. The van der Waals surface area contributed by atoms with Crippen molar-refractivity contribution < 1.29 is 13.9 Å². The summed E-state index contributed by atoms with van der Waals surface area (Å²) in [6.45, 7) is 3.70. The number of nitrogens with zero attached hydrogens (tertiary/aromatic N) is 4. The van der Waals surface area contributed by atoms with Crippen LogP contribution in [-0.4, -0.2) is 43.5 Å². The van der Waals surface area contributed by atoms with Crippen LogP contribution >= 0.6 is 0 Å². The molecule has 0 spiro atoms. The summed E-state index contributed by atoms with van der Waals surface area (Å²) in [5.74, 6) is 0.672. The summed E-state index contributed by atoms with van der Waals surface area (Å²) >= 11 is 0. The van der Waals surface area contributed by atoms with Gasteiger partial charge in [0.15, 0.2) is 12.4 Å². The van der Waals surface area contributed by atoms with E-state index in [9.17, 15) is 9.18 Å². The SMILES string of the molecule is CC(C)NC(=O)COc1ccc(-c2nc(Nc3ccc4[nH]ncc4c3)n(-c3ccccc3F)n2)cc1. The molecule has 2 heterocycles. The Morgan fingerprint density at radius 1 is 1.11 bits per heavy atom. The van der Waals surface area contributed by atoms with E-state index in [0.29, 0.717) is 23.1 Å². The molecule has 36 heavy (non-hydrogen) atoms. The number of anilines is 2. The molecule has 3 aromatic carbocycles. The quantitative estimate of drug-likeness (QED) is 0.296. The monoisotopic (exact) mass is 485 g/mol. The molecule has 0 atom stereocenters. The van der Waals surface area contributed by atoms with Gasteiger partial charge in [0.25, 0.3) is 5.91 Å². The fraction of sp³-hybridized carbons (Fsp3) is 0.154. The molecule has 0 aliphatic rings. The normalized spacial score (nSPS) is 11.1. The third kappa shape index (κ3) is 5.02. The molecule has 0 fully saturated rings. The highest BCUT2D eigenvalue weighted by Crippen LogP contribution is 2.27. The maximum Gasteiger partial charge on any atom is 0.258 e. The molecule has 5 rings (SSSR count). The van der Waals surface area contributed by atoms with Crippen molar-refractivity contribution in [3.8, 4) is 22.8 Å². The predicted molar refractivity (Wildman–Crippen MR) is 135 cm³/mol. The Balaban J connectivity index is 1.43. The van der Waals surface area contributed by atoms with E-state index in [1.165, 1.54) is 10.7 Å². The van der Waals surface area contributed by atoms with Gasteiger partial charge < -0.3 is 15.4 Å². The van der Waals surface area contributed by atoms with Gasteiger partial charge in [-0.25, -0.2) is 4.39 Å². The molecule has 2 aromatic heterocycles. The lowest BCUT2D eigenvalue weighted by atomic mass is 10.2. The number of rotatable bonds is 8. The summed E-state index contributed by atoms with van der Waals surface area (Å²) in [5.41, 5.74) is 2.63. The first-order valence-corrected chi connectivity index (χ1v) is 11.4. The van der Waals surface area contributed by atoms with Crippen molar-refractivity contribution >= 4 is 28.4 Å². The maximum atomic E-state index is 14.7. The standard InChI is InChI=1S/C26H24FN7O2/c1-16(2)29-24(35)15-36-20-10-7-17(8-11-20)25-31-26(34(33-25)23-6-4-3-5-21(23)27)30-19-9-12-22-18(13-19)14-28-32-22/h3-14,16H,15H2,1-2H3,(H,28,32)(H,29,35)(H,30,31,33). The van der Waals surface area contributed by atoms with E-state index in [4.69, 9.17) is 4.74 Å². The summed E-state index contributed by atoms with van der Waals surface area (Å²) in [6.07, 6.45) is 1.73. The number of amides is 1. The van der Waals surface area contributed by atoms with Crippen molar-refractivity contribution in [2.75, 3.05) is 11.9 Å². The number of ether oxygens (including phenoxy) is 1. The highest BCUT2D eigenvalue weighted by atomic mass is 19.1. The van der Waals surface area contributed by atoms with Gasteiger partial charge in [-0.2, -0.15) is 14.8 Å². The molecule has 0 aliphatic heterocycles. The molecule has 10 heteroatoms. The van der Waals surface area contributed by atoms with Crippen molar-refractivity contribution in [3.63, 3.8) is 0 Å². The zero-order valence-electron chi connectivity index (χ0n) is 19.7. The van der Waals surface area contributed by atoms with E-state index in [1.807, 2.05) is 32.0 Å². The average Bonchev–Trinajstić information content (AvgIpc) is 3.50. The molecular formula is C26H24FN7O2. The number of carbonyl (C=O) groups is 1. The van der Waals surface area contributed by atoms with Crippen molar-refractivity contribution in [3.05, 3.63) is 78.7 Å². The Morgan fingerprint density at radius 2 is 1.92 bits per heavy atom. The number of hydrogen-bond donors (Lipinski definition) is 3. The van der Waals surface area contributed by atoms with E-state index in [1.54, 1.807) is 48.7 Å². The second kappa shape index (κ2) is 9.87. The van der Waals surface area contributed by atoms with E-state index >= 15 is 0 Å². The summed E-state index contributed by atoms with van der Waals surface area (Å²) in [5, 5.41) is 18.5. The largest absolute Gasteiger partial charge is 0.484 e. The van der Waals surface area contributed by atoms with Crippen LogP contribution in [0.5, 0.6) is 5.75 Å². The third-order valence-electron chi connectivity index (χ3n) is 5.32. The van der Waals surface area contributed by atoms with Crippen LogP contribution < -0.4 is 15.4 Å². The lowest BCUT2D eigenvalue weighted by Gasteiger charge is -2.09. The summed E-state index contributed by atoms with van der Waals surface area (Å²) < 4.78 is 21.7. The maximum absolute atomic E-state index is 14.7. The Labute approximate surface area is 206 Å². The Kier molecular flexibility index (Phi) is 6.31. The minimum Gasteiger partial charge on any atom is -0.484 e. The number of aromatic amines is 1. The van der Waals surface area contributed by atoms with Gasteiger partial charge in [-0.3, -0.25) is 9.89 Å². The summed E-state index contributed by atoms with van der Waals surface area (Å²) in [7, 11) is 0. The molecule has 0 aliphatic carbocycles. The van der Waals surface area contributed by atoms with E-state index < -0.39 is 5.82 Å². The van der Waals surface area contributed by atoms with Crippen LogP contribution in [0.25, 0.3) is 28.0 Å². The molecule has 5 aromatic rings. The van der Waals surface area contributed by atoms with Crippen LogP contribution in [0.15, 0.2) is 72.9 Å². The molecule has 3 N–H and O–H groups in total. The van der Waals surface area contributed by atoms with Crippen molar-refractivity contribution in [1.82, 2.24) is 30.3 Å². The van der Waals surface area contributed by atoms with Gasteiger partial charge in [-0.15, -0.1) is 5.10 Å². The number of hydrogen-bond acceptors (Lipinski definition) is 6. The van der Waals surface area contributed by atoms with Crippen LogP contribution in [0.1, 0.15) is 13.8 Å². The first-order chi connectivity index (χ1) is 17.5. The number of benzene rings is 3. The van der Waals surface area contributed by atoms with E-state index in [-0.39, 0.29) is 24.2 Å². The van der Waals surface area contributed by atoms with Crippen molar-refractivity contribution in [2.45, 2.75) is 19.9 Å². The van der Waals surface area contributed by atoms with Gasteiger partial charge >= 0.3 is 0 Å². The summed E-state index contributed by atoms with van der Waals surface area (Å²) in [6, 6.07) is 19.2. The van der Waals surface area contributed by atoms with Crippen LogP contribution in [0, 0.1) is 5.82 Å². The van der Waals surface area contributed by atoms with Crippen LogP contribution in [0.3, 0.4) is 0 Å². The molecule has 0 bridgehead atoms. The Hall–Kier alpha value is -4.73. The lowest BCUT2D eigenvalue weighted by Crippen LogP contribution is -2.34. The van der Waals surface area contributed by atoms with E-state index in [0.717, 1.165) is 16.6 Å². The van der Waals surface area contributed by atoms with Crippen LogP contribution in [0.2, 0.25) is 0 Å². The van der Waals surface area contributed by atoms with E-state index in [2.05, 4.69) is 30.9 Å². The van der Waals surface area contributed by atoms with Gasteiger partial charge in [-0.05, 0) is 68.4 Å². The number of aromatic nitrogens is 5. The van der Waals surface area contributed by atoms with Gasteiger partial charge in [0.1, 0.15) is 17.3 Å². The van der Waals surface area contributed by atoms with Gasteiger partial charge in [0, 0.05) is 22.7 Å². The highest BCUT2D eigenvalue weighted by Gasteiger charge is 2.17. The molecule has 0 saturated carbocycles. The lowest BCUT2D eigenvalue weighted by molar-refractivity contribution is -0.123. The molecule has 0 unspecified atom stereocenters. The number of halogens is 1. The predicted octanol–water partition coefficient (Wildman–Crippen LogP) is 4.60. The van der Waals surface area contributed by atoms with Crippen LogP contribution in [-0.2, 0) is 4.79 Å². The minimum atomic E-state index is -0.425. The second-order valence-corrected chi connectivity index (χ2v) is 8.45. The Bertz CT molecular complexity index is 1510. The molecule has 9 nitrogen and oxygen atoms in total. The first-order valence-electron chi connectivity index (χ1n) is 11.4. The molecular weight excluding hydrogens is 461 g/mol. The molecule has 0 saturated heterocycles.